The van der Waals surface area contributed by atoms with Crippen molar-refractivity contribution in [3.63, 3.8) is 0 Å². The summed E-state index contributed by atoms with van der Waals surface area (Å²) in [5, 5.41) is 4.09. The van der Waals surface area contributed by atoms with E-state index in [1.54, 1.807) is 11.7 Å². The lowest BCUT2D eigenvalue weighted by molar-refractivity contribution is 0.137. The fourth-order valence-electron chi connectivity index (χ4n) is 1.67. The first kappa shape index (κ1) is 11.6. The minimum Gasteiger partial charge on any atom is -0.380 e. The Bertz CT molecular complexity index is 637. The van der Waals surface area contributed by atoms with Crippen LogP contribution in [0.25, 0.3) is 11.0 Å². The smallest absolute Gasteiger partial charge is 0.328 e. The summed E-state index contributed by atoms with van der Waals surface area (Å²) >= 11 is 0. The number of nitrogens with zero attached hydrogens (tertiary/aromatic N) is 3. The standard InChI is InChI=1S/C10H14N4O3/c1-3-17-5-4-14-8-7(6-11-14)13(2)10(16)12-9(8)15/h6H,3-5H2,1-2H3,(H,12,15,16). The zero-order valence-electron chi connectivity index (χ0n) is 9.77. The van der Waals surface area contributed by atoms with Crippen molar-refractivity contribution >= 4 is 11.0 Å². The number of rotatable bonds is 4. The molecule has 0 saturated carbocycles. The number of aryl methyl sites for hydroxylation is 1. The number of aromatic nitrogens is 4. The van der Waals surface area contributed by atoms with E-state index < -0.39 is 11.2 Å². The lowest BCUT2D eigenvalue weighted by Crippen LogP contribution is -2.29. The lowest BCUT2D eigenvalue weighted by atomic mass is 10.4. The van der Waals surface area contributed by atoms with E-state index in [2.05, 4.69) is 10.1 Å². The molecule has 2 heterocycles. The predicted molar refractivity (Wildman–Crippen MR) is 62.1 cm³/mol. The van der Waals surface area contributed by atoms with Crippen LogP contribution >= 0.6 is 0 Å². The Morgan fingerprint density at radius 1 is 1.47 bits per heavy atom. The Balaban J connectivity index is 2.50. The summed E-state index contributed by atoms with van der Waals surface area (Å²) in [6.07, 6.45) is 1.51. The van der Waals surface area contributed by atoms with Crippen LogP contribution in [0.3, 0.4) is 0 Å². The monoisotopic (exact) mass is 238 g/mol. The maximum absolute atomic E-state index is 11.7. The van der Waals surface area contributed by atoms with Crippen LogP contribution in [0.4, 0.5) is 0 Å². The molecule has 0 aliphatic rings. The molecule has 1 N–H and O–H groups in total. The van der Waals surface area contributed by atoms with Gasteiger partial charge in [0, 0.05) is 13.7 Å². The van der Waals surface area contributed by atoms with Crippen LogP contribution < -0.4 is 11.2 Å². The number of hydrogen-bond donors (Lipinski definition) is 1. The van der Waals surface area contributed by atoms with E-state index in [0.29, 0.717) is 30.8 Å². The summed E-state index contributed by atoms with van der Waals surface area (Å²) < 4.78 is 8.11. The number of aromatic amines is 1. The van der Waals surface area contributed by atoms with Crippen LogP contribution in [0.1, 0.15) is 6.92 Å². The molecule has 0 aromatic carbocycles. The number of fused-ring (bicyclic) bond motifs is 1. The van der Waals surface area contributed by atoms with Crippen LogP contribution in [-0.2, 0) is 18.3 Å². The molecule has 2 aromatic rings. The summed E-state index contributed by atoms with van der Waals surface area (Å²) in [4.78, 5) is 25.3. The molecule has 17 heavy (non-hydrogen) atoms. The normalized spacial score (nSPS) is 11.2. The molecule has 2 aromatic heterocycles. The van der Waals surface area contributed by atoms with E-state index in [-0.39, 0.29) is 0 Å². The Morgan fingerprint density at radius 2 is 2.24 bits per heavy atom. The van der Waals surface area contributed by atoms with Gasteiger partial charge in [0.05, 0.1) is 24.9 Å². The molecule has 0 fully saturated rings. The van der Waals surface area contributed by atoms with Gasteiger partial charge in [-0.15, -0.1) is 0 Å². The third-order valence-corrected chi connectivity index (χ3v) is 2.57. The van der Waals surface area contributed by atoms with E-state index >= 15 is 0 Å². The van der Waals surface area contributed by atoms with Crippen molar-refractivity contribution in [2.24, 2.45) is 7.05 Å². The predicted octanol–water partition coefficient (Wildman–Crippen LogP) is -0.540. The molecule has 0 saturated heterocycles. The first-order valence-corrected chi connectivity index (χ1v) is 5.37. The molecule has 0 aliphatic heterocycles. The summed E-state index contributed by atoms with van der Waals surface area (Å²) in [6, 6.07) is 0. The van der Waals surface area contributed by atoms with Crippen molar-refractivity contribution in [3.8, 4) is 0 Å². The Labute approximate surface area is 96.6 Å². The van der Waals surface area contributed by atoms with Crippen LogP contribution in [0, 0.1) is 0 Å². The second-order valence-electron chi connectivity index (χ2n) is 3.62. The van der Waals surface area contributed by atoms with Crippen LogP contribution in [-0.4, -0.2) is 32.5 Å². The molecule has 7 heteroatoms. The molecule has 7 nitrogen and oxygen atoms in total. The highest BCUT2D eigenvalue weighted by molar-refractivity contribution is 5.73. The van der Waals surface area contributed by atoms with Gasteiger partial charge in [0.15, 0.2) is 5.52 Å². The van der Waals surface area contributed by atoms with E-state index in [0.717, 1.165) is 0 Å². The maximum Gasteiger partial charge on any atom is 0.328 e. The summed E-state index contributed by atoms with van der Waals surface area (Å²) in [6.45, 7) is 3.49. The fourth-order valence-corrected chi connectivity index (χ4v) is 1.67. The first-order chi connectivity index (χ1) is 8.15. The summed E-state index contributed by atoms with van der Waals surface area (Å²) in [5.74, 6) is 0. The van der Waals surface area contributed by atoms with Crippen LogP contribution in [0.2, 0.25) is 0 Å². The van der Waals surface area contributed by atoms with Gasteiger partial charge in [0.25, 0.3) is 5.56 Å². The molecule has 0 atom stereocenters. The quantitative estimate of drug-likeness (QED) is 0.725. The fraction of sp³-hybridized carbons (Fsp3) is 0.500. The average Bonchev–Trinajstić information content (AvgIpc) is 2.71. The molecule has 0 spiro atoms. The Hall–Kier alpha value is -1.89. The van der Waals surface area contributed by atoms with Gasteiger partial charge in [-0.25, -0.2) is 4.79 Å². The second kappa shape index (κ2) is 4.54. The number of ether oxygens (including phenoxy) is 1. The highest BCUT2D eigenvalue weighted by Crippen LogP contribution is 2.05. The summed E-state index contributed by atoms with van der Waals surface area (Å²) in [5.41, 5.74) is 0.0611. The highest BCUT2D eigenvalue weighted by atomic mass is 16.5. The van der Waals surface area contributed by atoms with Gasteiger partial charge < -0.3 is 4.74 Å². The average molecular weight is 238 g/mol. The molecule has 0 bridgehead atoms. The van der Waals surface area contributed by atoms with E-state index in [1.807, 2.05) is 6.92 Å². The van der Waals surface area contributed by atoms with Crippen molar-refractivity contribution in [2.45, 2.75) is 13.5 Å². The molecule has 0 aliphatic carbocycles. The Morgan fingerprint density at radius 3 is 2.94 bits per heavy atom. The third kappa shape index (κ3) is 2.01. The molecule has 2 rings (SSSR count). The number of H-pyrrole nitrogens is 1. The maximum atomic E-state index is 11.7. The van der Waals surface area contributed by atoms with E-state index in [9.17, 15) is 9.59 Å². The molecule has 92 valence electrons. The number of hydrogen-bond acceptors (Lipinski definition) is 4. The third-order valence-electron chi connectivity index (χ3n) is 2.57. The van der Waals surface area contributed by atoms with Gasteiger partial charge in [-0.1, -0.05) is 0 Å². The van der Waals surface area contributed by atoms with Crippen molar-refractivity contribution in [1.29, 1.82) is 0 Å². The molecular weight excluding hydrogens is 224 g/mol. The first-order valence-electron chi connectivity index (χ1n) is 5.37. The highest BCUT2D eigenvalue weighted by Gasteiger charge is 2.10. The minimum absolute atomic E-state index is 0.395. The lowest BCUT2D eigenvalue weighted by Gasteiger charge is -2.03. The van der Waals surface area contributed by atoms with Crippen molar-refractivity contribution in [3.05, 3.63) is 27.0 Å². The zero-order valence-corrected chi connectivity index (χ0v) is 9.77. The molecule has 0 radical (unpaired) electrons. The molecule has 0 unspecified atom stereocenters. The Kier molecular flexibility index (Phi) is 3.10. The van der Waals surface area contributed by atoms with Crippen LogP contribution in [0.15, 0.2) is 15.8 Å². The minimum atomic E-state index is -0.438. The van der Waals surface area contributed by atoms with Gasteiger partial charge in [0.1, 0.15) is 0 Å². The van der Waals surface area contributed by atoms with Gasteiger partial charge >= 0.3 is 5.69 Å². The largest absolute Gasteiger partial charge is 0.380 e. The topological polar surface area (TPSA) is 81.9 Å². The molecular formula is C10H14N4O3. The number of nitrogens with one attached hydrogen (secondary N) is 1. The van der Waals surface area contributed by atoms with Gasteiger partial charge in [0.2, 0.25) is 0 Å². The van der Waals surface area contributed by atoms with Crippen LogP contribution in [0.5, 0.6) is 0 Å². The SMILES string of the molecule is CCOCCn1ncc2c1c(=O)[nH]c(=O)n2C. The zero-order chi connectivity index (χ0) is 12.4. The van der Waals surface area contributed by atoms with Gasteiger partial charge in [-0.05, 0) is 6.92 Å². The van der Waals surface area contributed by atoms with Crippen molar-refractivity contribution in [2.75, 3.05) is 13.2 Å². The second-order valence-corrected chi connectivity index (χ2v) is 3.62. The van der Waals surface area contributed by atoms with Crippen molar-refractivity contribution in [1.82, 2.24) is 19.3 Å². The summed E-state index contributed by atoms with van der Waals surface area (Å²) in [7, 11) is 1.59. The van der Waals surface area contributed by atoms with Gasteiger partial charge in [-0.2, -0.15) is 5.10 Å². The van der Waals surface area contributed by atoms with Gasteiger partial charge in [-0.3, -0.25) is 19.0 Å². The van der Waals surface area contributed by atoms with E-state index in [1.165, 1.54) is 10.8 Å². The molecule has 0 amide bonds. The van der Waals surface area contributed by atoms with E-state index in [4.69, 9.17) is 4.74 Å². The van der Waals surface area contributed by atoms with Crippen molar-refractivity contribution < 1.29 is 4.74 Å².